The minimum atomic E-state index is -1.79. The van der Waals surface area contributed by atoms with Crippen molar-refractivity contribution in [1.29, 1.82) is 0 Å². The zero-order valence-electron chi connectivity index (χ0n) is 43.9. The zero-order chi connectivity index (χ0) is 51.7. The van der Waals surface area contributed by atoms with Crippen molar-refractivity contribution >= 4 is 5.91 Å². The van der Waals surface area contributed by atoms with Gasteiger partial charge in [-0.3, -0.25) is 4.79 Å². The fourth-order valence-electron chi connectivity index (χ4n) is 8.82. The van der Waals surface area contributed by atoms with Crippen LogP contribution in [0.4, 0.5) is 0 Å². The minimum absolute atomic E-state index is 0.260. The molecule has 12 unspecified atom stereocenters. The van der Waals surface area contributed by atoms with Gasteiger partial charge in [-0.1, -0.05) is 177 Å². The molecule has 0 aromatic heterocycles. The maximum atomic E-state index is 13.2. The second kappa shape index (κ2) is 43.0. The first-order valence-electron chi connectivity index (χ1n) is 28.0. The van der Waals surface area contributed by atoms with Crippen LogP contribution in [0.1, 0.15) is 200 Å². The lowest BCUT2D eigenvalue weighted by Gasteiger charge is -2.46. The monoisotopic (exact) mass is 1010 g/mol. The van der Waals surface area contributed by atoms with Crippen LogP contribution < -0.4 is 5.32 Å². The molecule has 0 saturated carbocycles. The summed E-state index contributed by atoms with van der Waals surface area (Å²) in [5.74, 6) is -0.260. The Balaban J connectivity index is 1.82. The topological polar surface area (TPSA) is 228 Å². The maximum Gasteiger partial charge on any atom is 0.220 e. The maximum absolute atomic E-state index is 13.2. The summed E-state index contributed by atoms with van der Waals surface area (Å²) >= 11 is 0. The van der Waals surface area contributed by atoms with E-state index in [4.69, 9.17) is 18.9 Å². The summed E-state index contributed by atoms with van der Waals surface area (Å²) in [7, 11) is 0. The van der Waals surface area contributed by atoms with Crippen molar-refractivity contribution in [2.75, 3.05) is 19.8 Å². The van der Waals surface area contributed by atoms with Gasteiger partial charge in [0.25, 0.3) is 0 Å². The van der Waals surface area contributed by atoms with E-state index in [2.05, 4.69) is 67.8 Å². The van der Waals surface area contributed by atoms with E-state index in [0.717, 1.165) is 57.8 Å². The van der Waals surface area contributed by atoms with Crippen molar-refractivity contribution in [3.8, 4) is 0 Å². The summed E-state index contributed by atoms with van der Waals surface area (Å²) in [6, 6.07) is -0.941. The van der Waals surface area contributed by atoms with Crippen LogP contribution >= 0.6 is 0 Å². The summed E-state index contributed by atoms with van der Waals surface area (Å²) in [5.41, 5.74) is 0. The Morgan fingerprint density at radius 2 is 0.944 bits per heavy atom. The lowest BCUT2D eigenvalue weighted by Crippen LogP contribution is -2.65. The Kier molecular flexibility index (Phi) is 39.2. The number of rotatable bonds is 43. The lowest BCUT2D eigenvalue weighted by molar-refractivity contribution is -0.359. The second-order valence-electron chi connectivity index (χ2n) is 19.7. The average molecular weight is 1010 g/mol. The molecule has 2 heterocycles. The molecule has 2 fully saturated rings. The quantitative estimate of drug-likeness (QED) is 0.0206. The van der Waals surface area contributed by atoms with Crippen molar-refractivity contribution in [2.45, 2.75) is 274 Å². The molecule has 9 N–H and O–H groups in total. The number of ether oxygens (including phenoxy) is 4. The highest BCUT2D eigenvalue weighted by molar-refractivity contribution is 5.76. The minimum Gasteiger partial charge on any atom is -0.394 e. The highest BCUT2D eigenvalue weighted by Gasteiger charge is 2.51. The predicted molar refractivity (Wildman–Crippen MR) is 281 cm³/mol. The Morgan fingerprint density at radius 3 is 1.46 bits per heavy atom. The first kappa shape index (κ1) is 64.8. The number of carbonyl (C=O) groups excluding carboxylic acids is 1. The summed E-state index contributed by atoms with van der Waals surface area (Å²) in [4.78, 5) is 13.2. The van der Waals surface area contributed by atoms with Crippen LogP contribution in [0.5, 0.6) is 0 Å². The fourth-order valence-corrected chi connectivity index (χ4v) is 8.82. The Labute approximate surface area is 428 Å². The van der Waals surface area contributed by atoms with Crippen LogP contribution in [0.3, 0.4) is 0 Å². The molecule has 0 aromatic rings. The number of nitrogens with one attached hydrogen (secondary N) is 1. The van der Waals surface area contributed by atoms with Gasteiger partial charge < -0.3 is 65.1 Å². The van der Waals surface area contributed by atoms with E-state index < -0.39 is 86.8 Å². The van der Waals surface area contributed by atoms with Gasteiger partial charge in [0.05, 0.1) is 32.0 Å². The fraction of sp³-hybridized carbons (Fsp3) is 0.807. The van der Waals surface area contributed by atoms with E-state index in [1.54, 1.807) is 6.08 Å². The van der Waals surface area contributed by atoms with Gasteiger partial charge in [-0.25, -0.2) is 0 Å². The molecule has 0 bridgehead atoms. The molecule has 0 aliphatic carbocycles. The SMILES string of the molecule is CCCCCCC/C=C\C/C=C\CCCCCCCCCCCC(=O)NC(COC1OC(CO)C(OC2OC(CO)C(O)C(O)C2O)C(O)C1O)C(O)/C=C/CC/C=C/CC/C=C/CCCCCCCC. The first-order chi connectivity index (χ1) is 34.6. The predicted octanol–water partition coefficient (Wildman–Crippen LogP) is 8.61. The molecule has 2 saturated heterocycles. The standard InChI is InChI=1S/C57H101NO13/c1-3-5-7-9-11-13-15-17-19-21-22-23-24-25-27-29-31-33-35-37-39-41-49(62)58-45(46(61)40-38-36-34-32-30-28-26-20-18-16-14-12-10-8-6-4-2)44-68-56-54(67)52(65)55(48(43-60)70-56)71-57-53(66)51(64)50(63)47(42-59)69-57/h15,17-18,20-22,30,32,38,40,45-48,50-57,59-61,63-67H,3-14,16,19,23-29,31,33-37,39,41-44H2,1-2H3,(H,58,62)/b17-15-,20-18+,22-21-,32-30+,40-38+. The zero-order valence-corrected chi connectivity index (χ0v) is 43.9. The van der Waals surface area contributed by atoms with Crippen molar-refractivity contribution in [3.05, 3.63) is 60.8 Å². The lowest BCUT2D eigenvalue weighted by atomic mass is 9.97. The van der Waals surface area contributed by atoms with E-state index in [0.29, 0.717) is 12.8 Å². The van der Waals surface area contributed by atoms with Gasteiger partial charge in [-0.15, -0.1) is 0 Å². The van der Waals surface area contributed by atoms with Crippen molar-refractivity contribution < 1.29 is 64.6 Å². The molecule has 14 heteroatoms. The molecule has 1 amide bonds. The largest absolute Gasteiger partial charge is 0.394 e. The molecule has 2 aliphatic heterocycles. The van der Waals surface area contributed by atoms with Crippen molar-refractivity contribution in [1.82, 2.24) is 5.32 Å². The normalized spacial score (nSPS) is 26.2. The number of allylic oxidation sites excluding steroid dienone is 9. The van der Waals surface area contributed by atoms with E-state index in [-0.39, 0.29) is 18.9 Å². The highest BCUT2D eigenvalue weighted by atomic mass is 16.7. The summed E-state index contributed by atoms with van der Waals surface area (Å²) < 4.78 is 22.7. The van der Waals surface area contributed by atoms with Crippen LogP contribution in [0.15, 0.2) is 60.8 Å². The number of hydrogen-bond acceptors (Lipinski definition) is 13. The summed E-state index contributed by atoms with van der Waals surface area (Å²) in [6.07, 6.45) is 36.8. The Bertz CT molecular complexity index is 1420. The number of carbonyl (C=O) groups is 1. The molecule has 0 aromatic carbocycles. The summed E-state index contributed by atoms with van der Waals surface area (Å²) in [5, 5.41) is 86.9. The van der Waals surface area contributed by atoms with E-state index >= 15 is 0 Å². The summed E-state index contributed by atoms with van der Waals surface area (Å²) in [6.45, 7) is 2.74. The Morgan fingerprint density at radius 1 is 0.507 bits per heavy atom. The molecule has 71 heavy (non-hydrogen) atoms. The van der Waals surface area contributed by atoms with Crippen molar-refractivity contribution in [3.63, 3.8) is 0 Å². The van der Waals surface area contributed by atoms with Crippen LogP contribution in [0.25, 0.3) is 0 Å². The van der Waals surface area contributed by atoms with Gasteiger partial charge in [-0.2, -0.15) is 0 Å². The van der Waals surface area contributed by atoms with Crippen LogP contribution in [-0.4, -0.2) is 140 Å². The van der Waals surface area contributed by atoms with Crippen LogP contribution in [-0.2, 0) is 23.7 Å². The molecule has 0 spiro atoms. The second-order valence-corrected chi connectivity index (χ2v) is 19.7. The molecular weight excluding hydrogens is 907 g/mol. The van der Waals surface area contributed by atoms with Crippen LogP contribution in [0.2, 0.25) is 0 Å². The third kappa shape index (κ3) is 29.4. The van der Waals surface area contributed by atoms with Gasteiger partial charge in [-0.05, 0) is 77.0 Å². The van der Waals surface area contributed by atoms with Gasteiger partial charge in [0.2, 0.25) is 5.91 Å². The van der Waals surface area contributed by atoms with Crippen molar-refractivity contribution in [2.24, 2.45) is 0 Å². The third-order valence-corrected chi connectivity index (χ3v) is 13.4. The number of unbranched alkanes of at least 4 members (excludes halogenated alkanes) is 22. The number of hydrogen-bond donors (Lipinski definition) is 9. The molecule has 0 radical (unpaired) electrons. The molecule has 2 rings (SSSR count). The number of aliphatic hydroxyl groups is 8. The molecule has 412 valence electrons. The highest BCUT2D eigenvalue weighted by Crippen LogP contribution is 2.30. The molecule has 2 aliphatic rings. The van der Waals surface area contributed by atoms with Gasteiger partial charge in [0.15, 0.2) is 12.6 Å². The van der Waals surface area contributed by atoms with E-state index in [9.17, 15) is 45.6 Å². The van der Waals surface area contributed by atoms with Gasteiger partial charge in [0.1, 0.15) is 48.8 Å². The van der Waals surface area contributed by atoms with E-state index in [1.807, 2.05) is 6.08 Å². The smallest absolute Gasteiger partial charge is 0.220 e. The number of aliphatic hydroxyl groups excluding tert-OH is 8. The Hall–Kier alpha value is -2.31. The van der Waals surface area contributed by atoms with Crippen LogP contribution in [0, 0.1) is 0 Å². The third-order valence-electron chi connectivity index (χ3n) is 13.4. The van der Waals surface area contributed by atoms with Gasteiger partial charge in [0, 0.05) is 6.42 Å². The molecule has 12 atom stereocenters. The molecule has 14 nitrogen and oxygen atoms in total. The average Bonchev–Trinajstić information content (AvgIpc) is 3.37. The molecular formula is C57H101NO13. The number of amides is 1. The van der Waals surface area contributed by atoms with E-state index in [1.165, 1.54) is 109 Å². The van der Waals surface area contributed by atoms with Gasteiger partial charge >= 0.3 is 0 Å². The first-order valence-corrected chi connectivity index (χ1v) is 28.0.